The summed E-state index contributed by atoms with van der Waals surface area (Å²) in [5.41, 5.74) is 2.78. The van der Waals surface area contributed by atoms with E-state index in [9.17, 15) is 0 Å². The van der Waals surface area contributed by atoms with Crippen molar-refractivity contribution in [3.63, 3.8) is 0 Å². The van der Waals surface area contributed by atoms with Gasteiger partial charge in [0.15, 0.2) is 5.65 Å². The molecule has 1 aromatic carbocycles. The Morgan fingerprint density at radius 1 is 1.08 bits per heavy atom. The Bertz CT molecular complexity index is 1060. The molecule has 0 bridgehead atoms. The fourth-order valence-electron chi connectivity index (χ4n) is 2.71. The quantitative estimate of drug-likeness (QED) is 0.577. The minimum atomic E-state index is 0.391. The van der Waals surface area contributed by atoms with Gasteiger partial charge in [-0.1, -0.05) is 18.2 Å². The molecule has 8 heteroatoms. The van der Waals surface area contributed by atoms with Gasteiger partial charge < -0.3 is 5.32 Å². The molecule has 0 unspecified atom stereocenters. The van der Waals surface area contributed by atoms with Crippen LogP contribution < -0.4 is 5.32 Å². The Morgan fingerprint density at radius 3 is 2.81 bits per heavy atom. The number of aryl methyl sites for hydroxylation is 1. The van der Waals surface area contributed by atoms with Gasteiger partial charge in [-0.3, -0.25) is 0 Å². The van der Waals surface area contributed by atoms with E-state index in [-0.39, 0.29) is 0 Å². The van der Waals surface area contributed by atoms with Crippen LogP contribution in [0.2, 0.25) is 0 Å². The lowest BCUT2D eigenvalue weighted by molar-refractivity contribution is 0.643. The molecular formula is C18H16N8. The largest absolute Gasteiger partial charge is 0.365 e. The summed E-state index contributed by atoms with van der Waals surface area (Å²) in [6.45, 7) is 1.10. The fourth-order valence-corrected chi connectivity index (χ4v) is 2.71. The van der Waals surface area contributed by atoms with Crippen LogP contribution >= 0.6 is 0 Å². The monoisotopic (exact) mass is 344 g/mol. The maximum absolute atomic E-state index is 8.74. The molecular weight excluding hydrogens is 328 g/mol. The van der Waals surface area contributed by atoms with Gasteiger partial charge in [-0.05, 0) is 12.1 Å². The predicted octanol–water partition coefficient (Wildman–Crippen LogP) is 2.54. The lowest BCUT2D eigenvalue weighted by Crippen LogP contribution is -2.03. The first-order chi connectivity index (χ1) is 12.8. The van der Waals surface area contributed by atoms with Crippen molar-refractivity contribution in [2.24, 2.45) is 0 Å². The Labute approximate surface area is 149 Å². The van der Waals surface area contributed by atoms with E-state index in [1.54, 1.807) is 10.9 Å². The third kappa shape index (κ3) is 3.10. The summed E-state index contributed by atoms with van der Waals surface area (Å²) in [4.78, 5) is 8.59. The predicted molar refractivity (Wildman–Crippen MR) is 96.4 cm³/mol. The summed E-state index contributed by atoms with van der Waals surface area (Å²) >= 11 is 0. The Hall–Kier alpha value is -3.73. The molecule has 26 heavy (non-hydrogen) atoms. The Balaban J connectivity index is 1.51. The van der Waals surface area contributed by atoms with Crippen LogP contribution in [-0.4, -0.2) is 29.5 Å². The lowest BCUT2D eigenvalue weighted by atomic mass is 10.3. The average Bonchev–Trinajstić information content (AvgIpc) is 3.33. The minimum Gasteiger partial charge on any atom is -0.365 e. The summed E-state index contributed by atoms with van der Waals surface area (Å²) in [7, 11) is 0. The molecule has 8 nitrogen and oxygen atoms in total. The highest BCUT2D eigenvalue weighted by Crippen LogP contribution is 2.19. The average molecular weight is 344 g/mol. The highest BCUT2D eigenvalue weighted by atomic mass is 15.3. The molecule has 0 saturated heterocycles. The van der Waals surface area contributed by atoms with Gasteiger partial charge >= 0.3 is 0 Å². The van der Waals surface area contributed by atoms with Crippen LogP contribution in [0.3, 0.4) is 0 Å². The van der Waals surface area contributed by atoms with Crippen LogP contribution in [0, 0.1) is 11.3 Å². The van der Waals surface area contributed by atoms with Gasteiger partial charge in [-0.25, -0.2) is 19.3 Å². The van der Waals surface area contributed by atoms with Gasteiger partial charge in [-0.15, -0.1) is 0 Å². The summed E-state index contributed by atoms with van der Waals surface area (Å²) in [6.07, 6.45) is 7.43. The number of rotatable bonds is 6. The topological polar surface area (TPSA) is 97.2 Å². The number of anilines is 1. The smallest absolute Gasteiger partial charge is 0.163 e. The van der Waals surface area contributed by atoms with Crippen molar-refractivity contribution in [1.82, 2.24) is 29.5 Å². The molecule has 0 saturated carbocycles. The van der Waals surface area contributed by atoms with Crippen LogP contribution in [0.25, 0.3) is 16.7 Å². The van der Waals surface area contributed by atoms with Crippen LogP contribution in [0.15, 0.2) is 55.2 Å². The van der Waals surface area contributed by atoms with Crippen LogP contribution in [-0.2, 0) is 13.1 Å². The molecule has 0 radical (unpaired) electrons. The van der Waals surface area contributed by atoms with Crippen molar-refractivity contribution in [1.29, 1.82) is 5.26 Å². The number of aromatic nitrogens is 6. The Morgan fingerprint density at radius 2 is 1.96 bits per heavy atom. The van der Waals surface area contributed by atoms with Gasteiger partial charge in [-0.2, -0.15) is 15.5 Å². The third-order valence-electron chi connectivity index (χ3n) is 3.99. The lowest BCUT2D eigenvalue weighted by Gasteiger charge is -2.05. The second-order valence-corrected chi connectivity index (χ2v) is 5.72. The second-order valence-electron chi connectivity index (χ2n) is 5.72. The molecule has 3 heterocycles. The third-order valence-corrected chi connectivity index (χ3v) is 3.99. The van der Waals surface area contributed by atoms with Crippen LogP contribution in [0.5, 0.6) is 0 Å². The molecule has 0 aliphatic carbocycles. The summed E-state index contributed by atoms with van der Waals surface area (Å²) in [6, 6.07) is 12.1. The summed E-state index contributed by atoms with van der Waals surface area (Å²) < 4.78 is 3.56. The standard InChI is InChI=1S/C18H16N8/c19-7-4-8-25-18-16(11-24-25)17(21-13-22-18)20-9-14-10-23-26(12-14)15-5-2-1-3-6-15/h1-3,5-6,10-13H,4,8-9H2,(H,20,21,22). The van der Waals surface area contributed by atoms with E-state index in [0.29, 0.717) is 25.3 Å². The summed E-state index contributed by atoms with van der Waals surface area (Å²) in [5.74, 6) is 0.714. The van der Waals surface area contributed by atoms with Crippen molar-refractivity contribution in [3.05, 3.63) is 60.8 Å². The first-order valence-electron chi connectivity index (χ1n) is 8.21. The van der Waals surface area contributed by atoms with Gasteiger partial charge in [0, 0.05) is 18.3 Å². The van der Waals surface area contributed by atoms with E-state index < -0.39 is 0 Å². The van der Waals surface area contributed by atoms with Crippen molar-refractivity contribution in [3.8, 4) is 11.8 Å². The molecule has 0 aliphatic heterocycles. The minimum absolute atomic E-state index is 0.391. The highest BCUT2D eigenvalue weighted by molar-refractivity contribution is 5.86. The zero-order chi connectivity index (χ0) is 17.8. The zero-order valence-electron chi connectivity index (χ0n) is 13.9. The molecule has 0 fully saturated rings. The molecule has 4 aromatic rings. The van der Waals surface area contributed by atoms with Crippen LogP contribution in [0.1, 0.15) is 12.0 Å². The number of nitriles is 1. The maximum atomic E-state index is 8.74. The van der Waals surface area contributed by atoms with Crippen molar-refractivity contribution < 1.29 is 0 Å². The van der Waals surface area contributed by atoms with E-state index in [1.165, 1.54) is 6.33 Å². The van der Waals surface area contributed by atoms with Crippen molar-refractivity contribution >= 4 is 16.9 Å². The number of fused-ring (bicyclic) bond motifs is 1. The van der Waals surface area contributed by atoms with E-state index >= 15 is 0 Å². The number of hydrogen-bond donors (Lipinski definition) is 1. The molecule has 1 N–H and O–H groups in total. The molecule has 0 atom stereocenters. The fraction of sp³-hybridized carbons (Fsp3) is 0.167. The molecule has 0 amide bonds. The normalized spacial score (nSPS) is 10.7. The first-order valence-corrected chi connectivity index (χ1v) is 8.21. The van der Waals surface area contributed by atoms with E-state index in [4.69, 9.17) is 5.26 Å². The van der Waals surface area contributed by atoms with Gasteiger partial charge in [0.1, 0.15) is 12.1 Å². The van der Waals surface area contributed by atoms with Gasteiger partial charge in [0.2, 0.25) is 0 Å². The zero-order valence-corrected chi connectivity index (χ0v) is 13.9. The van der Waals surface area contributed by atoms with E-state index in [0.717, 1.165) is 22.3 Å². The van der Waals surface area contributed by atoms with E-state index in [2.05, 4.69) is 31.6 Å². The molecule has 4 rings (SSSR count). The van der Waals surface area contributed by atoms with E-state index in [1.807, 2.05) is 47.4 Å². The number of para-hydroxylation sites is 1. The molecule has 128 valence electrons. The van der Waals surface area contributed by atoms with Crippen molar-refractivity contribution in [2.75, 3.05) is 5.32 Å². The molecule has 3 aromatic heterocycles. The molecule has 0 spiro atoms. The molecule has 0 aliphatic rings. The van der Waals surface area contributed by atoms with Crippen molar-refractivity contribution in [2.45, 2.75) is 19.5 Å². The highest BCUT2D eigenvalue weighted by Gasteiger charge is 2.10. The van der Waals surface area contributed by atoms with Crippen LogP contribution in [0.4, 0.5) is 5.82 Å². The number of benzene rings is 1. The van der Waals surface area contributed by atoms with Gasteiger partial charge in [0.25, 0.3) is 0 Å². The first kappa shape index (κ1) is 15.8. The maximum Gasteiger partial charge on any atom is 0.163 e. The number of nitrogens with zero attached hydrogens (tertiary/aromatic N) is 7. The second kappa shape index (κ2) is 7.03. The summed E-state index contributed by atoms with van der Waals surface area (Å²) in [5, 5.41) is 21.6. The number of hydrogen-bond acceptors (Lipinski definition) is 6. The Kier molecular flexibility index (Phi) is 4.26. The number of nitrogens with one attached hydrogen (secondary N) is 1. The SMILES string of the molecule is N#CCCn1ncc2c(NCc3cnn(-c4ccccc4)c3)ncnc21. The van der Waals surface area contributed by atoms with Gasteiger partial charge in [0.05, 0.1) is 42.5 Å².